The predicted octanol–water partition coefficient (Wildman–Crippen LogP) is 2.01. The van der Waals surface area contributed by atoms with Gasteiger partial charge >= 0.3 is 0 Å². The van der Waals surface area contributed by atoms with Crippen LogP contribution in [0.4, 0.5) is 5.69 Å². The molecule has 1 atom stereocenters. The number of phenolic OH excluding ortho intramolecular Hbond substituents is 1. The Balaban J connectivity index is 2.65. The molecule has 1 aromatic rings. The van der Waals surface area contributed by atoms with Gasteiger partial charge in [-0.05, 0) is 30.5 Å². The zero-order valence-corrected chi connectivity index (χ0v) is 10.5. The van der Waals surface area contributed by atoms with Gasteiger partial charge in [0.25, 0.3) is 0 Å². The number of hydrogen-bond acceptors (Lipinski definition) is 3. The van der Waals surface area contributed by atoms with E-state index in [1.54, 1.807) is 18.2 Å². The summed E-state index contributed by atoms with van der Waals surface area (Å²) in [6, 6.07) is 4.91. The van der Waals surface area contributed by atoms with E-state index in [1.165, 1.54) is 0 Å². The first-order valence-electron chi connectivity index (χ1n) is 5.75. The van der Waals surface area contributed by atoms with Crippen molar-refractivity contribution in [3.8, 4) is 5.75 Å². The number of aryl methyl sites for hydroxylation is 1. The Morgan fingerprint density at radius 1 is 1.47 bits per heavy atom. The van der Waals surface area contributed by atoms with Crippen LogP contribution in [0.2, 0.25) is 0 Å². The highest BCUT2D eigenvalue weighted by Crippen LogP contribution is 2.24. The molecule has 4 heteroatoms. The summed E-state index contributed by atoms with van der Waals surface area (Å²) in [5.74, 6) is 0.154. The fourth-order valence-electron chi connectivity index (χ4n) is 1.40. The number of amides is 1. The van der Waals surface area contributed by atoms with E-state index in [2.05, 4.69) is 5.32 Å². The zero-order valence-electron chi connectivity index (χ0n) is 10.5. The lowest BCUT2D eigenvalue weighted by Gasteiger charge is -2.15. The number of anilines is 1. The van der Waals surface area contributed by atoms with Gasteiger partial charge in [0.05, 0.1) is 5.69 Å². The van der Waals surface area contributed by atoms with Crippen LogP contribution in [-0.4, -0.2) is 17.1 Å². The van der Waals surface area contributed by atoms with E-state index >= 15 is 0 Å². The van der Waals surface area contributed by atoms with Crippen LogP contribution < -0.4 is 11.1 Å². The maximum atomic E-state index is 11.7. The number of hydrogen-bond donors (Lipinski definition) is 3. The average molecular weight is 236 g/mol. The number of phenols is 1. The number of nitrogens with two attached hydrogens (primary N) is 1. The molecule has 0 radical (unpaired) electrons. The average Bonchev–Trinajstić information content (AvgIpc) is 2.23. The van der Waals surface area contributed by atoms with E-state index in [4.69, 9.17) is 5.73 Å². The second-order valence-electron chi connectivity index (χ2n) is 4.68. The van der Waals surface area contributed by atoms with E-state index in [0.29, 0.717) is 5.69 Å². The van der Waals surface area contributed by atoms with Gasteiger partial charge < -0.3 is 16.2 Å². The van der Waals surface area contributed by atoms with Crippen LogP contribution in [0.25, 0.3) is 0 Å². The van der Waals surface area contributed by atoms with Gasteiger partial charge in [0, 0.05) is 12.5 Å². The summed E-state index contributed by atoms with van der Waals surface area (Å²) in [4.78, 5) is 11.7. The van der Waals surface area contributed by atoms with E-state index < -0.39 is 0 Å². The third kappa shape index (κ3) is 4.07. The normalized spacial score (nSPS) is 12.5. The van der Waals surface area contributed by atoms with Gasteiger partial charge in [-0.2, -0.15) is 0 Å². The van der Waals surface area contributed by atoms with Gasteiger partial charge in [-0.3, -0.25) is 4.79 Å². The molecule has 1 amide bonds. The Hall–Kier alpha value is -1.55. The van der Waals surface area contributed by atoms with Crippen LogP contribution in [0.5, 0.6) is 5.75 Å². The van der Waals surface area contributed by atoms with Crippen LogP contribution in [0.3, 0.4) is 0 Å². The molecule has 0 aromatic heterocycles. The lowest BCUT2D eigenvalue weighted by Crippen LogP contribution is -2.31. The minimum absolute atomic E-state index is 0.0714. The van der Waals surface area contributed by atoms with Crippen molar-refractivity contribution >= 4 is 11.6 Å². The molecule has 0 aliphatic heterocycles. The molecule has 1 rings (SSSR count). The Labute approximate surface area is 102 Å². The first kappa shape index (κ1) is 13.5. The maximum absolute atomic E-state index is 11.7. The highest BCUT2D eigenvalue weighted by molar-refractivity contribution is 5.92. The van der Waals surface area contributed by atoms with Crippen molar-refractivity contribution in [1.82, 2.24) is 0 Å². The molecule has 0 spiro atoms. The van der Waals surface area contributed by atoms with Crippen LogP contribution in [0.15, 0.2) is 18.2 Å². The summed E-state index contributed by atoms with van der Waals surface area (Å²) >= 11 is 0. The van der Waals surface area contributed by atoms with E-state index in [1.807, 2.05) is 20.8 Å². The number of rotatable bonds is 4. The summed E-state index contributed by atoms with van der Waals surface area (Å²) in [7, 11) is 0. The molecule has 0 aliphatic carbocycles. The number of aromatic hydroxyl groups is 1. The van der Waals surface area contributed by atoms with Gasteiger partial charge in [-0.25, -0.2) is 0 Å². The number of carbonyl (C=O) groups is 1. The zero-order chi connectivity index (χ0) is 13.0. The first-order valence-corrected chi connectivity index (χ1v) is 5.75. The molecule has 0 heterocycles. The number of benzene rings is 1. The molecule has 0 aliphatic rings. The third-order valence-corrected chi connectivity index (χ3v) is 2.70. The molecule has 0 saturated carbocycles. The quantitative estimate of drug-likeness (QED) is 0.700. The van der Waals surface area contributed by atoms with Crippen molar-refractivity contribution in [3.63, 3.8) is 0 Å². The van der Waals surface area contributed by atoms with Crippen molar-refractivity contribution in [3.05, 3.63) is 23.8 Å². The van der Waals surface area contributed by atoms with Gasteiger partial charge in [-0.1, -0.05) is 19.9 Å². The van der Waals surface area contributed by atoms with Crippen molar-refractivity contribution in [1.29, 1.82) is 0 Å². The highest BCUT2D eigenvalue weighted by atomic mass is 16.3. The molecule has 94 valence electrons. The topological polar surface area (TPSA) is 75.3 Å². The van der Waals surface area contributed by atoms with E-state index in [0.717, 1.165) is 5.56 Å². The molecule has 4 N–H and O–H groups in total. The van der Waals surface area contributed by atoms with E-state index in [9.17, 15) is 9.90 Å². The Bertz CT molecular complexity index is 402. The second kappa shape index (κ2) is 5.68. The smallest absolute Gasteiger partial charge is 0.226 e. The SMILES string of the molecule is Cc1ccc(O)c(NC(=O)CC(N)C(C)C)c1. The molecule has 1 aromatic carbocycles. The van der Waals surface area contributed by atoms with Gasteiger partial charge in [-0.15, -0.1) is 0 Å². The molecular formula is C13H20N2O2. The Morgan fingerprint density at radius 3 is 2.71 bits per heavy atom. The first-order chi connectivity index (χ1) is 7.90. The summed E-state index contributed by atoms with van der Waals surface area (Å²) in [5, 5.41) is 12.2. The summed E-state index contributed by atoms with van der Waals surface area (Å²) in [6.07, 6.45) is 0.255. The largest absolute Gasteiger partial charge is 0.506 e. The summed E-state index contributed by atoms with van der Waals surface area (Å²) < 4.78 is 0. The highest BCUT2D eigenvalue weighted by Gasteiger charge is 2.14. The third-order valence-electron chi connectivity index (χ3n) is 2.70. The van der Waals surface area contributed by atoms with Crippen molar-refractivity contribution in [2.45, 2.75) is 33.2 Å². The van der Waals surface area contributed by atoms with Crippen molar-refractivity contribution < 1.29 is 9.90 Å². The van der Waals surface area contributed by atoms with Crippen LogP contribution in [-0.2, 0) is 4.79 Å². The number of carbonyl (C=O) groups excluding carboxylic acids is 1. The fourth-order valence-corrected chi connectivity index (χ4v) is 1.40. The summed E-state index contributed by atoms with van der Waals surface area (Å²) in [5.41, 5.74) is 7.23. The van der Waals surface area contributed by atoms with Gasteiger partial charge in [0.1, 0.15) is 5.75 Å². The predicted molar refractivity (Wildman–Crippen MR) is 68.9 cm³/mol. The van der Waals surface area contributed by atoms with E-state index in [-0.39, 0.29) is 30.0 Å². The molecule has 4 nitrogen and oxygen atoms in total. The van der Waals surface area contributed by atoms with Crippen molar-refractivity contribution in [2.75, 3.05) is 5.32 Å². The molecule has 0 saturated heterocycles. The van der Waals surface area contributed by atoms with Gasteiger partial charge in [0.15, 0.2) is 0 Å². The van der Waals surface area contributed by atoms with Gasteiger partial charge in [0.2, 0.25) is 5.91 Å². The lowest BCUT2D eigenvalue weighted by molar-refractivity contribution is -0.116. The maximum Gasteiger partial charge on any atom is 0.226 e. The van der Waals surface area contributed by atoms with Crippen LogP contribution >= 0.6 is 0 Å². The molecular weight excluding hydrogens is 216 g/mol. The molecule has 0 fully saturated rings. The number of nitrogens with one attached hydrogen (secondary N) is 1. The lowest BCUT2D eigenvalue weighted by atomic mass is 10.0. The molecule has 1 unspecified atom stereocenters. The minimum Gasteiger partial charge on any atom is -0.506 e. The second-order valence-corrected chi connectivity index (χ2v) is 4.68. The minimum atomic E-state index is -0.174. The molecule has 17 heavy (non-hydrogen) atoms. The van der Waals surface area contributed by atoms with Crippen LogP contribution in [0.1, 0.15) is 25.8 Å². The van der Waals surface area contributed by atoms with Crippen molar-refractivity contribution in [2.24, 2.45) is 11.7 Å². The van der Waals surface area contributed by atoms with Crippen LogP contribution in [0, 0.1) is 12.8 Å². The Morgan fingerprint density at radius 2 is 2.12 bits per heavy atom. The monoisotopic (exact) mass is 236 g/mol. The molecule has 0 bridgehead atoms. The fraction of sp³-hybridized carbons (Fsp3) is 0.462. The summed E-state index contributed by atoms with van der Waals surface area (Å²) in [6.45, 7) is 5.85. The Kier molecular flexibility index (Phi) is 4.52. The standard InChI is InChI=1S/C13H20N2O2/c1-8(2)10(14)7-13(17)15-11-6-9(3)4-5-12(11)16/h4-6,8,10,16H,7,14H2,1-3H3,(H,15,17).